The van der Waals surface area contributed by atoms with Crippen LogP contribution in [0.2, 0.25) is 5.02 Å². The summed E-state index contributed by atoms with van der Waals surface area (Å²) in [5.41, 5.74) is 1.45. The molecule has 8 heteroatoms. The van der Waals surface area contributed by atoms with Gasteiger partial charge in [-0.2, -0.15) is 0 Å². The zero-order valence-electron chi connectivity index (χ0n) is 14.7. The summed E-state index contributed by atoms with van der Waals surface area (Å²) in [6, 6.07) is 10.9. The standard InChI is InChI=1S/C18H21ClN2O4S/c1-11-9-15(19)7-8-17(11)25-13(3)18(22)21-12(2)14-5-4-6-16(10-14)26(20,23)24/h4-10,12-13H,1-3H3,(H,21,22)(H2,20,23,24)/t12?,13-/m0/s1. The van der Waals surface area contributed by atoms with Crippen LogP contribution < -0.4 is 15.2 Å². The summed E-state index contributed by atoms with van der Waals surface area (Å²) in [7, 11) is -3.80. The van der Waals surface area contributed by atoms with Crippen molar-refractivity contribution in [3.05, 3.63) is 58.6 Å². The Morgan fingerprint density at radius 2 is 1.88 bits per heavy atom. The molecule has 0 fully saturated rings. The van der Waals surface area contributed by atoms with Crippen LogP contribution in [0.3, 0.4) is 0 Å². The Labute approximate surface area is 158 Å². The van der Waals surface area contributed by atoms with Crippen molar-refractivity contribution in [1.29, 1.82) is 0 Å². The lowest BCUT2D eigenvalue weighted by molar-refractivity contribution is -0.127. The molecule has 1 amide bonds. The number of nitrogens with one attached hydrogen (secondary N) is 1. The van der Waals surface area contributed by atoms with E-state index >= 15 is 0 Å². The van der Waals surface area contributed by atoms with E-state index in [0.717, 1.165) is 5.56 Å². The molecule has 26 heavy (non-hydrogen) atoms. The quantitative estimate of drug-likeness (QED) is 0.784. The summed E-state index contributed by atoms with van der Waals surface area (Å²) >= 11 is 5.91. The van der Waals surface area contributed by atoms with Crippen LogP contribution in [0.1, 0.15) is 31.0 Å². The number of benzene rings is 2. The van der Waals surface area contributed by atoms with Gasteiger partial charge >= 0.3 is 0 Å². The van der Waals surface area contributed by atoms with Gasteiger partial charge in [-0.15, -0.1) is 0 Å². The van der Waals surface area contributed by atoms with Gasteiger partial charge in [0.1, 0.15) is 5.75 Å². The maximum absolute atomic E-state index is 12.4. The number of halogens is 1. The number of aryl methyl sites for hydroxylation is 1. The second-order valence-electron chi connectivity index (χ2n) is 6.02. The van der Waals surface area contributed by atoms with Crippen LogP contribution in [0.5, 0.6) is 5.75 Å². The molecule has 0 heterocycles. The second-order valence-corrected chi connectivity index (χ2v) is 8.02. The molecular formula is C18H21ClN2O4S. The molecule has 3 N–H and O–H groups in total. The summed E-state index contributed by atoms with van der Waals surface area (Å²) < 4.78 is 28.6. The molecule has 2 aromatic rings. The third kappa shape index (κ3) is 5.20. The summed E-state index contributed by atoms with van der Waals surface area (Å²) in [5, 5.41) is 8.53. The third-order valence-corrected chi connectivity index (χ3v) is 5.00. The Morgan fingerprint density at radius 3 is 2.50 bits per heavy atom. The van der Waals surface area contributed by atoms with Crippen LogP contribution in [-0.2, 0) is 14.8 Å². The molecule has 0 aromatic heterocycles. The van der Waals surface area contributed by atoms with Crippen LogP contribution in [0.15, 0.2) is 47.4 Å². The topological polar surface area (TPSA) is 98.5 Å². The Hall–Kier alpha value is -2.09. The number of nitrogens with two attached hydrogens (primary N) is 1. The highest BCUT2D eigenvalue weighted by Gasteiger charge is 2.19. The average Bonchev–Trinajstić information content (AvgIpc) is 2.56. The van der Waals surface area contributed by atoms with Crippen molar-refractivity contribution in [1.82, 2.24) is 5.32 Å². The number of sulfonamides is 1. The average molecular weight is 397 g/mol. The van der Waals surface area contributed by atoms with Crippen molar-refractivity contribution in [3.8, 4) is 5.75 Å². The Bertz CT molecular complexity index is 915. The van der Waals surface area contributed by atoms with E-state index in [0.29, 0.717) is 16.3 Å². The molecule has 0 saturated heterocycles. The molecule has 0 saturated carbocycles. The highest BCUT2D eigenvalue weighted by atomic mass is 35.5. The van der Waals surface area contributed by atoms with Crippen LogP contribution in [-0.4, -0.2) is 20.4 Å². The van der Waals surface area contributed by atoms with Gasteiger partial charge in [0, 0.05) is 5.02 Å². The molecular weight excluding hydrogens is 376 g/mol. The fourth-order valence-corrected chi connectivity index (χ4v) is 3.16. The van der Waals surface area contributed by atoms with Crippen LogP contribution in [0.25, 0.3) is 0 Å². The fraction of sp³-hybridized carbons (Fsp3) is 0.278. The first kappa shape index (κ1) is 20.2. The van der Waals surface area contributed by atoms with Crippen molar-refractivity contribution in [3.63, 3.8) is 0 Å². The highest BCUT2D eigenvalue weighted by Crippen LogP contribution is 2.23. The van der Waals surface area contributed by atoms with Gasteiger partial charge in [-0.3, -0.25) is 4.79 Å². The van der Waals surface area contributed by atoms with Crippen molar-refractivity contribution in [2.45, 2.75) is 37.8 Å². The predicted molar refractivity (Wildman–Crippen MR) is 101 cm³/mol. The van der Waals surface area contributed by atoms with Crippen LogP contribution in [0, 0.1) is 6.92 Å². The normalized spacial score (nSPS) is 13.7. The first-order valence-corrected chi connectivity index (χ1v) is 9.86. The first-order valence-electron chi connectivity index (χ1n) is 7.94. The van der Waals surface area contributed by atoms with Gasteiger partial charge in [0.15, 0.2) is 6.10 Å². The van der Waals surface area contributed by atoms with Gasteiger partial charge in [-0.05, 0) is 62.2 Å². The van der Waals surface area contributed by atoms with Gasteiger partial charge in [0.25, 0.3) is 5.91 Å². The number of ether oxygens (including phenoxy) is 1. The SMILES string of the molecule is Cc1cc(Cl)ccc1O[C@@H](C)C(=O)NC(C)c1cccc(S(N)(=O)=O)c1. The van der Waals surface area contributed by atoms with Gasteiger partial charge in [-0.25, -0.2) is 13.6 Å². The summed E-state index contributed by atoms with van der Waals surface area (Å²) in [5.74, 6) is 0.244. The van der Waals surface area contributed by atoms with E-state index in [1.54, 1.807) is 44.2 Å². The number of rotatable bonds is 6. The summed E-state index contributed by atoms with van der Waals surface area (Å²) in [6.45, 7) is 5.23. The molecule has 0 aliphatic rings. The van der Waals surface area contributed by atoms with Gasteiger partial charge < -0.3 is 10.1 Å². The van der Waals surface area contributed by atoms with Crippen LogP contribution in [0.4, 0.5) is 0 Å². The maximum Gasteiger partial charge on any atom is 0.261 e. The number of hydrogen-bond acceptors (Lipinski definition) is 4. The summed E-state index contributed by atoms with van der Waals surface area (Å²) in [6.07, 6.45) is -0.737. The molecule has 2 atom stereocenters. The zero-order valence-corrected chi connectivity index (χ0v) is 16.3. The van der Waals surface area contributed by atoms with E-state index in [1.165, 1.54) is 12.1 Å². The number of carbonyl (C=O) groups is 1. The smallest absolute Gasteiger partial charge is 0.261 e. The lowest BCUT2D eigenvalue weighted by Gasteiger charge is -2.20. The van der Waals surface area contributed by atoms with Crippen molar-refractivity contribution in [2.75, 3.05) is 0 Å². The molecule has 0 aliphatic carbocycles. The molecule has 1 unspecified atom stereocenters. The minimum absolute atomic E-state index is 0.00261. The van der Waals surface area contributed by atoms with Gasteiger partial charge in [-0.1, -0.05) is 23.7 Å². The Balaban J connectivity index is 2.06. The number of hydrogen-bond donors (Lipinski definition) is 2. The van der Waals surface area contributed by atoms with Crippen LogP contribution >= 0.6 is 11.6 Å². The van der Waals surface area contributed by atoms with E-state index in [1.807, 2.05) is 6.92 Å². The fourth-order valence-electron chi connectivity index (χ4n) is 2.36. The van der Waals surface area contributed by atoms with E-state index in [9.17, 15) is 13.2 Å². The van der Waals surface area contributed by atoms with E-state index in [2.05, 4.69) is 5.32 Å². The highest BCUT2D eigenvalue weighted by molar-refractivity contribution is 7.89. The van der Waals surface area contributed by atoms with E-state index in [-0.39, 0.29) is 10.8 Å². The molecule has 0 bridgehead atoms. The third-order valence-electron chi connectivity index (χ3n) is 3.86. The summed E-state index contributed by atoms with van der Waals surface area (Å²) in [4.78, 5) is 12.4. The lowest BCUT2D eigenvalue weighted by atomic mass is 10.1. The molecule has 0 aliphatic heterocycles. The van der Waals surface area contributed by atoms with Gasteiger partial charge in [0.2, 0.25) is 10.0 Å². The monoisotopic (exact) mass is 396 g/mol. The number of carbonyl (C=O) groups excluding carboxylic acids is 1. The number of primary sulfonamides is 1. The lowest BCUT2D eigenvalue weighted by Crippen LogP contribution is -2.37. The minimum Gasteiger partial charge on any atom is -0.481 e. The number of amides is 1. The molecule has 2 rings (SSSR count). The molecule has 6 nitrogen and oxygen atoms in total. The van der Waals surface area contributed by atoms with Crippen molar-refractivity contribution >= 4 is 27.5 Å². The van der Waals surface area contributed by atoms with Gasteiger partial charge in [0.05, 0.1) is 10.9 Å². The largest absolute Gasteiger partial charge is 0.481 e. The Kier molecular flexibility index (Phi) is 6.28. The van der Waals surface area contributed by atoms with Crippen molar-refractivity contribution in [2.24, 2.45) is 5.14 Å². The zero-order chi connectivity index (χ0) is 19.5. The molecule has 2 aromatic carbocycles. The predicted octanol–water partition coefficient (Wildman–Crippen LogP) is 2.94. The minimum atomic E-state index is -3.80. The van der Waals surface area contributed by atoms with E-state index in [4.69, 9.17) is 21.5 Å². The first-order chi connectivity index (χ1) is 12.1. The molecule has 140 valence electrons. The maximum atomic E-state index is 12.4. The van der Waals surface area contributed by atoms with Crippen molar-refractivity contribution < 1.29 is 17.9 Å². The van der Waals surface area contributed by atoms with E-state index < -0.39 is 22.2 Å². The Morgan fingerprint density at radius 1 is 1.19 bits per heavy atom. The second kappa shape index (κ2) is 8.07. The molecule has 0 radical (unpaired) electrons. The molecule has 0 spiro atoms.